The molecule has 0 fully saturated rings. The lowest BCUT2D eigenvalue weighted by Gasteiger charge is -2.30. The van der Waals surface area contributed by atoms with Gasteiger partial charge >= 0.3 is 0 Å². The molecule has 0 aliphatic carbocycles. The second-order valence-corrected chi connectivity index (χ2v) is 5.71. The van der Waals surface area contributed by atoms with E-state index in [0.717, 1.165) is 6.42 Å². The smallest absolute Gasteiger partial charge is 0.0131 e. The molecule has 2 aromatic rings. The zero-order valence-corrected chi connectivity index (χ0v) is 12.1. The van der Waals surface area contributed by atoms with E-state index in [-0.39, 0.29) is 5.54 Å². The first-order valence-electron chi connectivity index (χ1n) is 6.91. The lowest BCUT2D eigenvalue weighted by atomic mass is 9.81. The van der Waals surface area contributed by atoms with Gasteiger partial charge < -0.3 is 5.32 Å². The third kappa shape index (κ3) is 3.68. The van der Waals surface area contributed by atoms with Crippen LogP contribution < -0.4 is 5.32 Å². The number of nitrogens with one attached hydrogen (secondary N) is 1. The van der Waals surface area contributed by atoms with E-state index >= 15 is 0 Å². The minimum atomic E-state index is 0.121. The van der Waals surface area contributed by atoms with Crippen LogP contribution in [0.4, 0.5) is 0 Å². The summed E-state index contributed by atoms with van der Waals surface area (Å²) in [6.07, 6.45) is 1.08. The highest BCUT2D eigenvalue weighted by molar-refractivity contribution is 5.32. The fourth-order valence-electron chi connectivity index (χ4n) is 2.41. The minimum absolute atomic E-state index is 0.121. The SMILES string of the molecule is CNC(C)(C)CC(c1ccccc1)c1ccccc1. The van der Waals surface area contributed by atoms with Crippen LogP contribution >= 0.6 is 0 Å². The maximum Gasteiger partial charge on any atom is 0.0131 e. The normalized spacial score (nSPS) is 11.8. The molecular formula is C18H23N. The first-order chi connectivity index (χ1) is 9.12. The largest absolute Gasteiger partial charge is 0.315 e. The van der Waals surface area contributed by atoms with Crippen LogP contribution in [0.3, 0.4) is 0 Å². The van der Waals surface area contributed by atoms with Crippen molar-refractivity contribution in [2.45, 2.75) is 31.7 Å². The molecule has 0 atom stereocenters. The number of rotatable bonds is 5. The van der Waals surface area contributed by atoms with Crippen molar-refractivity contribution in [2.75, 3.05) is 7.05 Å². The molecule has 0 aromatic heterocycles. The molecule has 19 heavy (non-hydrogen) atoms. The second kappa shape index (κ2) is 6.03. The van der Waals surface area contributed by atoms with Crippen LogP contribution in [0.2, 0.25) is 0 Å². The Bertz CT molecular complexity index is 448. The molecule has 0 bridgehead atoms. The summed E-state index contributed by atoms with van der Waals surface area (Å²) in [7, 11) is 2.03. The van der Waals surface area contributed by atoms with Crippen molar-refractivity contribution in [3.05, 3.63) is 71.8 Å². The molecule has 0 spiro atoms. The fourth-order valence-corrected chi connectivity index (χ4v) is 2.41. The van der Waals surface area contributed by atoms with E-state index in [9.17, 15) is 0 Å². The molecule has 1 heteroatoms. The highest BCUT2D eigenvalue weighted by atomic mass is 14.9. The minimum Gasteiger partial charge on any atom is -0.315 e. The van der Waals surface area contributed by atoms with Crippen molar-refractivity contribution in [2.24, 2.45) is 0 Å². The lowest BCUT2D eigenvalue weighted by molar-refractivity contribution is 0.375. The molecule has 2 rings (SSSR count). The van der Waals surface area contributed by atoms with E-state index in [4.69, 9.17) is 0 Å². The number of hydrogen-bond donors (Lipinski definition) is 1. The highest BCUT2D eigenvalue weighted by Gasteiger charge is 2.23. The van der Waals surface area contributed by atoms with Gasteiger partial charge in [0, 0.05) is 11.5 Å². The summed E-state index contributed by atoms with van der Waals surface area (Å²) in [5.74, 6) is 0.435. The van der Waals surface area contributed by atoms with Crippen molar-refractivity contribution in [1.82, 2.24) is 5.32 Å². The Morgan fingerprint density at radius 2 is 1.26 bits per heavy atom. The lowest BCUT2D eigenvalue weighted by Crippen LogP contribution is -2.37. The molecule has 1 N–H and O–H groups in total. The van der Waals surface area contributed by atoms with E-state index in [1.807, 2.05) is 7.05 Å². The summed E-state index contributed by atoms with van der Waals surface area (Å²) in [5.41, 5.74) is 2.89. The van der Waals surface area contributed by atoms with E-state index in [1.165, 1.54) is 11.1 Å². The summed E-state index contributed by atoms with van der Waals surface area (Å²) < 4.78 is 0. The maximum atomic E-state index is 3.41. The first kappa shape index (κ1) is 13.8. The van der Waals surface area contributed by atoms with Crippen LogP contribution in [0.5, 0.6) is 0 Å². The number of benzene rings is 2. The van der Waals surface area contributed by atoms with Crippen LogP contribution in [0.1, 0.15) is 37.3 Å². The zero-order chi connectivity index (χ0) is 13.7. The van der Waals surface area contributed by atoms with Gasteiger partial charge in [0.05, 0.1) is 0 Å². The van der Waals surface area contributed by atoms with Crippen LogP contribution in [0.15, 0.2) is 60.7 Å². The molecule has 0 saturated carbocycles. The summed E-state index contributed by atoms with van der Waals surface area (Å²) in [5, 5.41) is 3.41. The van der Waals surface area contributed by atoms with Gasteiger partial charge in [-0.3, -0.25) is 0 Å². The van der Waals surface area contributed by atoms with Crippen molar-refractivity contribution in [3.63, 3.8) is 0 Å². The molecule has 1 nitrogen and oxygen atoms in total. The van der Waals surface area contributed by atoms with Gasteiger partial charge in [0.1, 0.15) is 0 Å². The average molecular weight is 253 g/mol. The quantitative estimate of drug-likeness (QED) is 0.842. The monoisotopic (exact) mass is 253 g/mol. The third-order valence-corrected chi connectivity index (χ3v) is 3.80. The van der Waals surface area contributed by atoms with Crippen LogP contribution in [-0.2, 0) is 0 Å². The zero-order valence-electron chi connectivity index (χ0n) is 12.1. The van der Waals surface area contributed by atoms with Gasteiger partial charge in [-0.25, -0.2) is 0 Å². The summed E-state index contributed by atoms with van der Waals surface area (Å²) >= 11 is 0. The first-order valence-corrected chi connectivity index (χ1v) is 6.91. The highest BCUT2D eigenvalue weighted by Crippen LogP contribution is 2.32. The van der Waals surface area contributed by atoms with Gasteiger partial charge in [-0.2, -0.15) is 0 Å². The summed E-state index contributed by atoms with van der Waals surface area (Å²) in [4.78, 5) is 0. The Hall–Kier alpha value is -1.60. The van der Waals surface area contributed by atoms with Crippen LogP contribution in [0.25, 0.3) is 0 Å². The van der Waals surface area contributed by atoms with Crippen molar-refractivity contribution in [1.29, 1.82) is 0 Å². The molecular weight excluding hydrogens is 230 g/mol. The maximum absolute atomic E-state index is 3.41. The van der Waals surface area contributed by atoms with E-state index in [2.05, 4.69) is 79.8 Å². The molecule has 0 saturated heterocycles. The van der Waals surface area contributed by atoms with E-state index in [0.29, 0.717) is 5.92 Å². The Kier molecular flexibility index (Phi) is 4.39. The summed E-state index contributed by atoms with van der Waals surface area (Å²) in [6, 6.07) is 21.5. The predicted molar refractivity (Wildman–Crippen MR) is 82.5 cm³/mol. The standard InChI is InChI=1S/C18H23N/c1-18(2,19-3)14-17(15-10-6-4-7-11-15)16-12-8-5-9-13-16/h4-13,17,19H,14H2,1-3H3. The molecule has 0 aliphatic rings. The van der Waals surface area contributed by atoms with E-state index in [1.54, 1.807) is 0 Å². The topological polar surface area (TPSA) is 12.0 Å². The van der Waals surface area contributed by atoms with Gasteiger partial charge in [-0.1, -0.05) is 60.7 Å². The van der Waals surface area contributed by atoms with Gasteiger partial charge in [0.15, 0.2) is 0 Å². The third-order valence-electron chi connectivity index (χ3n) is 3.80. The van der Waals surface area contributed by atoms with Gasteiger partial charge in [-0.05, 0) is 38.4 Å². The molecule has 0 aliphatic heterocycles. The van der Waals surface area contributed by atoms with Crippen LogP contribution in [0, 0.1) is 0 Å². The molecule has 0 heterocycles. The van der Waals surface area contributed by atoms with Gasteiger partial charge in [0.25, 0.3) is 0 Å². The van der Waals surface area contributed by atoms with Crippen molar-refractivity contribution >= 4 is 0 Å². The Morgan fingerprint density at radius 1 is 0.842 bits per heavy atom. The van der Waals surface area contributed by atoms with Gasteiger partial charge in [0.2, 0.25) is 0 Å². The fraction of sp³-hybridized carbons (Fsp3) is 0.333. The van der Waals surface area contributed by atoms with Crippen LogP contribution in [-0.4, -0.2) is 12.6 Å². The second-order valence-electron chi connectivity index (χ2n) is 5.71. The molecule has 0 radical (unpaired) electrons. The van der Waals surface area contributed by atoms with E-state index < -0.39 is 0 Å². The Labute approximate surface area is 116 Å². The predicted octanol–water partition coefficient (Wildman–Crippen LogP) is 4.21. The molecule has 0 amide bonds. The summed E-state index contributed by atoms with van der Waals surface area (Å²) in [6.45, 7) is 4.51. The van der Waals surface area contributed by atoms with Crippen molar-refractivity contribution in [3.8, 4) is 0 Å². The van der Waals surface area contributed by atoms with Crippen molar-refractivity contribution < 1.29 is 0 Å². The Balaban J connectivity index is 2.35. The van der Waals surface area contributed by atoms with Gasteiger partial charge in [-0.15, -0.1) is 0 Å². The number of hydrogen-bond acceptors (Lipinski definition) is 1. The molecule has 100 valence electrons. The molecule has 2 aromatic carbocycles. The Morgan fingerprint density at radius 3 is 1.63 bits per heavy atom. The average Bonchev–Trinajstić information content (AvgIpc) is 2.47. The molecule has 0 unspecified atom stereocenters.